The second-order valence-electron chi connectivity index (χ2n) is 7.07. The topological polar surface area (TPSA) is 84.7 Å². The molecule has 154 valence electrons. The molecule has 2 aromatic rings. The number of nitrogens with two attached hydrogens (primary N) is 1. The van der Waals surface area contributed by atoms with Gasteiger partial charge in [-0.15, -0.1) is 0 Å². The van der Waals surface area contributed by atoms with Crippen LogP contribution in [0.1, 0.15) is 18.4 Å². The van der Waals surface area contributed by atoms with Gasteiger partial charge < -0.3 is 15.8 Å². The van der Waals surface area contributed by atoms with Crippen LogP contribution in [0, 0.1) is 11.7 Å². The van der Waals surface area contributed by atoms with Crippen molar-refractivity contribution in [2.45, 2.75) is 19.4 Å². The molecule has 1 saturated heterocycles. The highest BCUT2D eigenvalue weighted by Gasteiger charge is 2.23. The number of carbonyl (C=O) groups is 2. The van der Waals surface area contributed by atoms with Gasteiger partial charge in [-0.25, -0.2) is 4.39 Å². The van der Waals surface area contributed by atoms with Gasteiger partial charge in [0.15, 0.2) is 6.61 Å². The van der Waals surface area contributed by atoms with E-state index in [1.54, 1.807) is 6.07 Å². The summed E-state index contributed by atoms with van der Waals surface area (Å²) in [5.74, 6) is -0.809. The number of halogens is 2. The lowest BCUT2D eigenvalue weighted by Crippen LogP contribution is -2.38. The summed E-state index contributed by atoms with van der Waals surface area (Å²) in [5.41, 5.74) is 7.10. The summed E-state index contributed by atoms with van der Waals surface area (Å²) in [7, 11) is 0. The maximum atomic E-state index is 13.2. The summed E-state index contributed by atoms with van der Waals surface area (Å²) >= 11 is 5.70. The maximum Gasteiger partial charge on any atom is 0.262 e. The number of rotatable bonds is 7. The van der Waals surface area contributed by atoms with Crippen molar-refractivity contribution in [3.05, 3.63) is 58.9 Å². The van der Waals surface area contributed by atoms with Crippen molar-refractivity contribution in [3.63, 3.8) is 0 Å². The number of ether oxygens (including phenoxy) is 1. The third-order valence-corrected chi connectivity index (χ3v) is 5.16. The molecule has 29 heavy (non-hydrogen) atoms. The number of hydrogen-bond acceptors (Lipinski definition) is 4. The zero-order valence-corrected chi connectivity index (χ0v) is 16.6. The number of piperidine rings is 1. The van der Waals surface area contributed by atoms with Crippen molar-refractivity contribution in [3.8, 4) is 5.75 Å². The van der Waals surface area contributed by atoms with E-state index < -0.39 is 5.82 Å². The Bertz CT molecular complexity index is 885. The van der Waals surface area contributed by atoms with Gasteiger partial charge in [0.2, 0.25) is 5.91 Å². The molecule has 0 unspecified atom stereocenters. The van der Waals surface area contributed by atoms with Gasteiger partial charge in [0, 0.05) is 24.2 Å². The summed E-state index contributed by atoms with van der Waals surface area (Å²) < 4.78 is 18.5. The molecular formula is C21H23ClFN3O3. The summed E-state index contributed by atoms with van der Waals surface area (Å²) in [6, 6.07) is 11.5. The highest BCUT2D eigenvalue weighted by molar-refractivity contribution is 6.30. The minimum atomic E-state index is -0.542. The summed E-state index contributed by atoms with van der Waals surface area (Å²) in [5, 5.41) is 2.73. The lowest BCUT2D eigenvalue weighted by Gasteiger charge is -2.30. The van der Waals surface area contributed by atoms with E-state index in [9.17, 15) is 14.0 Å². The molecule has 0 saturated carbocycles. The van der Waals surface area contributed by atoms with Gasteiger partial charge in [0.05, 0.1) is 5.02 Å². The molecule has 0 aromatic heterocycles. The number of hydrogen-bond donors (Lipinski definition) is 2. The Hall–Kier alpha value is -2.64. The van der Waals surface area contributed by atoms with Crippen molar-refractivity contribution in [1.29, 1.82) is 0 Å². The van der Waals surface area contributed by atoms with Gasteiger partial charge in [-0.3, -0.25) is 14.5 Å². The molecule has 0 radical (unpaired) electrons. The number of nitrogens with one attached hydrogen (secondary N) is 1. The Morgan fingerprint density at radius 3 is 2.66 bits per heavy atom. The molecule has 8 heteroatoms. The van der Waals surface area contributed by atoms with Crippen LogP contribution in [0.2, 0.25) is 5.02 Å². The Labute approximate surface area is 173 Å². The molecule has 2 amide bonds. The van der Waals surface area contributed by atoms with E-state index >= 15 is 0 Å². The molecule has 1 fully saturated rings. The standard InChI is InChI=1S/C21H23ClFN3O3/c22-18-11-17(4-5-19(18)23)29-13-20(27)25-16-3-1-2-14(10-16)12-26-8-6-15(7-9-26)21(24)28/h1-5,10-11,15H,6-9,12-13H2,(H2,24,28)(H,25,27). The van der Waals surface area contributed by atoms with Crippen molar-refractivity contribution in [1.82, 2.24) is 4.90 Å². The third-order valence-electron chi connectivity index (χ3n) is 4.87. The number of amides is 2. The average molecular weight is 420 g/mol. The van der Waals surface area contributed by atoms with Crippen molar-refractivity contribution in [2.75, 3.05) is 25.0 Å². The molecule has 1 aliphatic rings. The normalized spacial score (nSPS) is 15.1. The molecule has 2 aromatic carbocycles. The molecule has 0 bridgehead atoms. The fourth-order valence-electron chi connectivity index (χ4n) is 3.29. The SMILES string of the molecule is NC(=O)C1CCN(Cc2cccc(NC(=O)COc3ccc(F)c(Cl)c3)c2)CC1. The van der Waals surface area contributed by atoms with Crippen molar-refractivity contribution >= 4 is 29.1 Å². The van der Waals surface area contributed by atoms with Crippen LogP contribution in [-0.2, 0) is 16.1 Å². The number of nitrogens with zero attached hydrogens (tertiary/aromatic N) is 1. The smallest absolute Gasteiger partial charge is 0.262 e. The minimum absolute atomic E-state index is 0.0344. The Kier molecular flexibility index (Phi) is 7.06. The quantitative estimate of drug-likeness (QED) is 0.721. The Morgan fingerprint density at radius 2 is 1.97 bits per heavy atom. The zero-order valence-electron chi connectivity index (χ0n) is 15.9. The predicted octanol–water partition coefficient (Wildman–Crippen LogP) is 3.19. The van der Waals surface area contributed by atoms with Gasteiger partial charge in [0.25, 0.3) is 5.91 Å². The van der Waals surface area contributed by atoms with E-state index in [0.717, 1.165) is 38.0 Å². The van der Waals surface area contributed by atoms with E-state index in [-0.39, 0.29) is 29.4 Å². The summed E-state index contributed by atoms with van der Waals surface area (Å²) in [6.07, 6.45) is 1.55. The first-order chi connectivity index (χ1) is 13.9. The van der Waals surface area contributed by atoms with Crippen LogP contribution in [0.15, 0.2) is 42.5 Å². The molecule has 6 nitrogen and oxygen atoms in total. The van der Waals surface area contributed by atoms with Crippen LogP contribution < -0.4 is 15.8 Å². The number of anilines is 1. The molecular weight excluding hydrogens is 397 g/mol. The molecule has 0 atom stereocenters. The first kappa shape index (κ1) is 21.1. The lowest BCUT2D eigenvalue weighted by molar-refractivity contribution is -0.123. The predicted molar refractivity (Wildman–Crippen MR) is 109 cm³/mol. The van der Waals surface area contributed by atoms with Gasteiger partial charge in [0.1, 0.15) is 11.6 Å². The largest absolute Gasteiger partial charge is 0.484 e. The second-order valence-corrected chi connectivity index (χ2v) is 7.47. The number of benzene rings is 2. The first-order valence-electron chi connectivity index (χ1n) is 9.39. The molecule has 1 aliphatic heterocycles. The van der Waals surface area contributed by atoms with E-state index in [0.29, 0.717) is 11.4 Å². The van der Waals surface area contributed by atoms with Gasteiger partial charge >= 0.3 is 0 Å². The second kappa shape index (κ2) is 9.71. The van der Waals surface area contributed by atoms with Crippen LogP contribution in [0.25, 0.3) is 0 Å². The minimum Gasteiger partial charge on any atom is -0.484 e. The van der Waals surface area contributed by atoms with Crippen LogP contribution >= 0.6 is 11.6 Å². The lowest BCUT2D eigenvalue weighted by atomic mass is 9.96. The highest BCUT2D eigenvalue weighted by Crippen LogP contribution is 2.22. The highest BCUT2D eigenvalue weighted by atomic mass is 35.5. The molecule has 0 aliphatic carbocycles. The van der Waals surface area contributed by atoms with Crippen LogP contribution in [0.3, 0.4) is 0 Å². The number of primary amides is 1. The van der Waals surface area contributed by atoms with Crippen LogP contribution in [-0.4, -0.2) is 36.4 Å². The Morgan fingerprint density at radius 1 is 1.21 bits per heavy atom. The average Bonchev–Trinajstić information content (AvgIpc) is 2.69. The number of likely N-dealkylation sites (tertiary alicyclic amines) is 1. The monoisotopic (exact) mass is 419 g/mol. The molecule has 0 spiro atoms. The maximum absolute atomic E-state index is 13.2. The first-order valence-corrected chi connectivity index (χ1v) is 9.77. The van der Waals surface area contributed by atoms with Crippen molar-refractivity contribution in [2.24, 2.45) is 11.7 Å². The van der Waals surface area contributed by atoms with Gasteiger partial charge in [-0.2, -0.15) is 0 Å². The third kappa shape index (κ3) is 6.17. The molecule has 3 N–H and O–H groups in total. The summed E-state index contributed by atoms with van der Waals surface area (Å²) in [4.78, 5) is 25.7. The van der Waals surface area contributed by atoms with Crippen LogP contribution in [0.4, 0.5) is 10.1 Å². The van der Waals surface area contributed by atoms with E-state index in [2.05, 4.69) is 10.2 Å². The van der Waals surface area contributed by atoms with Crippen LogP contribution in [0.5, 0.6) is 5.75 Å². The van der Waals surface area contributed by atoms with E-state index in [4.69, 9.17) is 22.1 Å². The fraction of sp³-hybridized carbons (Fsp3) is 0.333. The van der Waals surface area contributed by atoms with E-state index in [1.807, 2.05) is 18.2 Å². The Balaban J connectivity index is 1.49. The van der Waals surface area contributed by atoms with Gasteiger partial charge in [-0.1, -0.05) is 23.7 Å². The van der Waals surface area contributed by atoms with Gasteiger partial charge in [-0.05, 0) is 55.8 Å². The fourth-order valence-corrected chi connectivity index (χ4v) is 3.46. The molecule has 3 rings (SSSR count). The van der Waals surface area contributed by atoms with E-state index in [1.165, 1.54) is 18.2 Å². The zero-order chi connectivity index (χ0) is 20.8. The summed E-state index contributed by atoms with van der Waals surface area (Å²) in [6.45, 7) is 2.16. The van der Waals surface area contributed by atoms with Crippen molar-refractivity contribution < 1.29 is 18.7 Å². The molecule has 1 heterocycles. The number of carbonyl (C=O) groups excluding carboxylic acids is 2.